The SMILES string of the molecule is Fc1ccc(-c2noc(C3CCCN(CCc4cccs4)C3)n2)cc1. The van der Waals surface area contributed by atoms with Crippen LogP contribution in [0.25, 0.3) is 11.4 Å². The molecule has 1 aromatic carbocycles. The molecule has 1 fully saturated rings. The zero-order chi connectivity index (χ0) is 17.1. The number of thiophene rings is 1. The molecular weight excluding hydrogens is 337 g/mol. The molecule has 0 amide bonds. The van der Waals surface area contributed by atoms with Gasteiger partial charge in [-0.1, -0.05) is 11.2 Å². The summed E-state index contributed by atoms with van der Waals surface area (Å²) >= 11 is 1.82. The Morgan fingerprint density at radius 3 is 2.92 bits per heavy atom. The Labute approximate surface area is 150 Å². The molecule has 2 aromatic heterocycles. The molecule has 130 valence electrons. The predicted octanol–water partition coefficient (Wildman–Crippen LogP) is 4.36. The largest absolute Gasteiger partial charge is 0.339 e. The van der Waals surface area contributed by atoms with Crippen LogP contribution in [0.5, 0.6) is 0 Å². The summed E-state index contributed by atoms with van der Waals surface area (Å²) in [4.78, 5) is 8.46. The molecule has 0 N–H and O–H groups in total. The van der Waals surface area contributed by atoms with Gasteiger partial charge in [0.15, 0.2) is 0 Å². The highest BCUT2D eigenvalue weighted by molar-refractivity contribution is 7.09. The van der Waals surface area contributed by atoms with E-state index in [2.05, 4.69) is 32.6 Å². The fourth-order valence-electron chi connectivity index (χ4n) is 3.30. The van der Waals surface area contributed by atoms with Crippen LogP contribution in [0.3, 0.4) is 0 Å². The normalized spacial score (nSPS) is 18.5. The second-order valence-corrected chi connectivity index (χ2v) is 7.46. The maximum absolute atomic E-state index is 13.0. The van der Waals surface area contributed by atoms with Crippen molar-refractivity contribution in [3.8, 4) is 11.4 Å². The van der Waals surface area contributed by atoms with Crippen molar-refractivity contribution in [3.05, 3.63) is 58.4 Å². The predicted molar refractivity (Wildman–Crippen MR) is 96.1 cm³/mol. The summed E-state index contributed by atoms with van der Waals surface area (Å²) in [5.74, 6) is 1.24. The summed E-state index contributed by atoms with van der Waals surface area (Å²) < 4.78 is 18.6. The van der Waals surface area contributed by atoms with Crippen LogP contribution in [0, 0.1) is 5.82 Å². The van der Waals surface area contributed by atoms with Crippen LogP contribution in [-0.2, 0) is 6.42 Å². The molecule has 0 spiro atoms. The second-order valence-electron chi connectivity index (χ2n) is 6.43. The van der Waals surface area contributed by atoms with E-state index in [0.29, 0.717) is 11.7 Å². The minimum atomic E-state index is -0.263. The summed E-state index contributed by atoms with van der Waals surface area (Å²) in [5.41, 5.74) is 0.779. The molecule has 1 aliphatic rings. The van der Waals surface area contributed by atoms with Gasteiger partial charge in [0, 0.05) is 23.5 Å². The molecule has 4 nitrogen and oxygen atoms in total. The van der Waals surface area contributed by atoms with Crippen molar-refractivity contribution >= 4 is 11.3 Å². The number of aromatic nitrogens is 2. The maximum atomic E-state index is 13.0. The van der Waals surface area contributed by atoms with Crippen LogP contribution in [0.2, 0.25) is 0 Å². The Bertz CT molecular complexity index is 800. The van der Waals surface area contributed by atoms with Gasteiger partial charge in [-0.25, -0.2) is 4.39 Å². The summed E-state index contributed by atoms with van der Waals surface area (Å²) in [6.45, 7) is 3.15. The lowest BCUT2D eigenvalue weighted by Gasteiger charge is -2.30. The Morgan fingerprint density at radius 2 is 2.12 bits per heavy atom. The molecule has 1 aliphatic heterocycles. The van der Waals surface area contributed by atoms with Gasteiger partial charge in [0.1, 0.15) is 5.82 Å². The molecule has 4 rings (SSSR count). The number of nitrogens with zero attached hydrogens (tertiary/aromatic N) is 3. The minimum absolute atomic E-state index is 0.263. The van der Waals surface area contributed by atoms with E-state index in [4.69, 9.17) is 4.52 Å². The molecular formula is C19H20FN3OS. The van der Waals surface area contributed by atoms with Crippen LogP contribution in [0.15, 0.2) is 46.3 Å². The van der Waals surface area contributed by atoms with E-state index in [-0.39, 0.29) is 11.7 Å². The monoisotopic (exact) mass is 357 g/mol. The van der Waals surface area contributed by atoms with Gasteiger partial charge in [-0.05, 0) is 61.5 Å². The van der Waals surface area contributed by atoms with Crippen LogP contribution in [0.4, 0.5) is 4.39 Å². The van der Waals surface area contributed by atoms with E-state index < -0.39 is 0 Å². The molecule has 3 heterocycles. The highest BCUT2D eigenvalue weighted by atomic mass is 32.1. The quantitative estimate of drug-likeness (QED) is 0.680. The van der Waals surface area contributed by atoms with Crippen LogP contribution >= 0.6 is 11.3 Å². The van der Waals surface area contributed by atoms with Crippen LogP contribution in [0.1, 0.15) is 29.5 Å². The molecule has 6 heteroatoms. The van der Waals surface area contributed by atoms with E-state index in [0.717, 1.165) is 44.5 Å². The van der Waals surface area contributed by atoms with Crippen molar-refractivity contribution in [1.29, 1.82) is 0 Å². The topological polar surface area (TPSA) is 42.2 Å². The highest BCUT2D eigenvalue weighted by Gasteiger charge is 2.26. The maximum Gasteiger partial charge on any atom is 0.231 e. The summed E-state index contributed by atoms with van der Waals surface area (Å²) in [6.07, 6.45) is 3.30. The lowest BCUT2D eigenvalue weighted by molar-refractivity contribution is 0.189. The van der Waals surface area contributed by atoms with Crippen LogP contribution in [-0.4, -0.2) is 34.7 Å². The lowest BCUT2D eigenvalue weighted by Crippen LogP contribution is -2.35. The van der Waals surface area contributed by atoms with Gasteiger partial charge in [-0.15, -0.1) is 11.3 Å². The highest BCUT2D eigenvalue weighted by Crippen LogP contribution is 2.28. The average Bonchev–Trinajstić information content (AvgIpc) is 3.33. The van der Waals surface area contributed by atoms with Gasteiger partial charge < -0.3 is 9.42 Å². The number of benzene rings is 1. The van der Waals surface area contributed by atoms with Crippen molar-refractivity contribution < 1.29 is 8.91 Å². The first-order valence-corrected chi connectivity index (χ1v) is 9.50. The fourth-order valence-corrected chi connectivity index (χ4v) is 4.00. The average molecular weight is 357 g/mol. The summed E-state index contributed by atoms with van der Waals surface area (Å²) in [5, 5.41) is 6.21. The zero-order valence-corrected chi connectivity index (χ0v) is 14.7. The van der Waals surface area contributed by atoms with Gasteiger partial charge in [0.05, 0.1) is 5.92 Å². The molecule has 0 aliphatic carbocycles. The Balaban J connectivity index is 1.40. The number of piperidine rings is 1. The van der Waals surface area contributed by atoms with Crippen molar-refractivity contribution in [2.45, 2.75) is 25.2 Å². The fraction of sp³-hybridized carbons (Fsp3) is 0.368. The lowest BCUT2D eigenvalue weighted by atomic mass is 9.98. The molecule has 1 unspecified atom stereocenters. The number of rotatable bonds is 5. The molecule has 1 atom stereocenters. The van der Waals surface area contributed by atoms with E-state index in [1.807, 2.05) is 11.3 Å². The number of hydrogen-bond donors (Lipinski definition) is 0. The minimum Gasteiger partial charge on any atom is -0.339 e. The van der Waals surface area contributed by atoms with E-state index in [9.17, 15) is 4.39 Å². The number of hydrogen-bond acceptors (Lipinski definition) is 5. The molecule has 25 heavy (non-hydrogen) atoms. The summed E-state index contributed by atoms with van der Waals surface area (Å²) in [7, 11) is 0. The van der Waals surface area contributed by atoms with Gasteiger partial charge in [0.2, 0.25) is 11.7 Å². The number of halogens is 1. The third kappa shape index (κ3) is 3.96. The molecule has 1 saturated heterocycles. The zero-order valence-electron chi connectivity index (χ0n) is 13.9. The third-order valence-corrected chi connectivity index (χ3v) is 5.59. The van der Waals surface area contributed by atoms with Crippen molar-refractivity contribution in [2.75, 3.05) is 19.6 Å². The van der Waals surface area contributed by atoms with Gasteiger partial charge in [-0.2, -0.15) is 4.98 Å². The molecule has 0 radical (unpaired) electrons. The van der Waals surface area contributed by atoms with E-state index in [1.54, 1.807) is 12.1 Å². The second kappa shape index (κ2) is 7.45. The van der Waals surface area contributed by atoms with Gasteiger partial charge >= 0.3 is 0 Å². The van der Waals surface area contributed by atoms with Crippen LogP contribution < -0.4 is 0 Å². The molecule has 0 bridgehead atoms. The van der Waals surface area contributed by atoms with E-state index in [1.165, 1.54) is 17.0 Å². The van der Waals surface area contributed by atoms with Crippen molar-refractivity contribution in [2.24, 2.45) is 0 Å². The van der Waals surface area contributed by atoms with Crippen molar-refractivity contribution in [1.82, 2.24) is 15.0 Å². The molecule has 0 saturated carbocycles. The first kappa shape index (κ1) is 16.4. The van der Waals surface area contributed by atoms with Gasteiger partial charge in [0.25, 0.3) is 0 Å². The Hall–Kier alpha value is -2.05. The first-order chi connectivity index (χ1) is 12.3. The Kier molecular flexibility index (Phi) is 4.90. The standard InChI is InChI=1S/C19H20FN3OS/c20-16-7-5-14(6-8-16)18-21-19(24-22-18)15-3-1-10-23(13-15)11-9-17-4-2-12-25-17/h2,4-8,12,15H,1,3,9-11,13H2. The van der Waals surface area contributed by atoms with E-state index >= 15 is 0 Å². The smallest absolute Gasteiger partial charge is 0.231 e. The summed E-state index contributed by atoms with van der Waals surface area (Å²) in [6, 6.07) is 10.5. The Morgan fingerprint density at radius 1 is 1.24 bits per heavy atom. The molecule has 3 aromatic rings. The first-order valence-electron chi connectivity index (χ1n) is 8.62. The third-order valence-electron chi connectivity index (χ3n) is 4.65. The van der Waals surface area contributed by atoms with Gasteiger partial charge in [-0.3, -0.25) is 0 Å². The van der Waals surface area contributed by atoms with Crippen molar-refractivity contribution in [3.63, 3.8) is 0 Å². The number of likely N-dealkylation sites (tertiary alicyclic amines) is 1.